The maximum atomic E-state index is 11.9. The average molecular weight is 239 g/mol. The van der Waals surface area contributed by atoms with E-state index < -0.39 is 0 Å². The van der Waals surface area contributed by atoms with Gasteiger partial charge < -0.3 is 10.4 Å². The third-order valence-electron chi connectivity index (χ3n) is 2.67. The van der Waals surface area contributed by atoms with Crippen LogP contribution in [0, 0.1) is 12.8 Å². The lowest BCUT2D eigenvalue weighted by Crippen LogP contribution is -2.30. The third kappa shape index (κ3) is 3.85. The first kappa shape index (κ1) is 13.7. The zero-order valence-corrected chi connectivity index (χ0v) is 10.7. The Labute approximate surface area is 102 Å². The van der Waals surface area contributed by atoms with Gasteiger partial charge in [-0.1, -0.05) is 6.92 Å². The zero-order chi connectivity index (χ0) is 12.8. The van der Waals surface area contributed by atoms with Crippen molar-refractivity contribution < 1.29 is 9.90 Å². The summed E-state index contributed by atoms with van der Waals surface area (Å²) in [5.41, 5.74) is 1.45. The number of rotatable bonds is 6. The SMILES string of the molecule is CCn1nc(C)cc1C(=O)NCC(C)CCO. The molecule has 1 unspecified atom stereocenters. The molecule has 17 heavy (non-hydrogen) atoms. The molecule has 0 fully saturated rings. The number of nitrogens with one attached hydrogen (secondary N) is 1. The molecule has 1 aromatic rings. The van der Waals surface area contributed by atoms with E-state index in [1.165, 1.54) is 0 Å². The number of aromatic nitrogens is 2. The molecule has 0 aliphatic carbocycles. The van der Waals surface area contributed by atoms with E-state index in [0.29, 0.717) is 25.2 Å². The number of nitrogens with zero attached hydrogens (tertiary/aromatic N) is 2. The summed E-state index contributed by atoms with van der Waals surface area (Å²) in [5, 5.41) is 15.9. The van der Waals surface area contributed by atoms with Gasteiger partial charge in [0.25, 0.3) is 5.91 Å². The molecule has 0 aromatic carbocycles. The Morgan fingerprint density at radius 1 is 1.65 bits per heavy atom. The smallest absolute Gasteiger partial charge is 0.269 e. The fourth-order valence-electron chi connectivity index (χ4n) is 1.65. The quantitative estimate of drug-likeness (QED) is 0.777. The van der Waals surface area contributed by atoms with Gasteiger partial charge >= 0.3 is 0 Å². The molecular formula is C12H21N3O2. The lowest BCUT2D eigenvalue weighted by atomic mass is 10.1. The maximum Gasteiger partial charge on any atom is 0.269 e. The van der Waals surface area contributed by atoms with E-state index >= 15 is 0 Å². The molecule has 96 valence electrons. The van der Waals surface area contributed by atoms with Crippen molar-refractivity contribution in [2.75, 3.05) is 13.2 Å². The molecule has 0 bridgehead atoms. The second-order valence-electron chi connectivity index (χ2n) is 4.31. The number of amides is 1. The highest BCUT2D eigenvalue weighted by Gasteiger charge is 2.13. The Morgan fingerprint density at radius 3 is 2.94 bits per heavy atom. The minimum Gasteiger partial charge on any atom is -0.396 e. The van der Waals surface area contributed by atoms with E-state index in [1.807, 2.05) is 20.8 Å². The standard InChI is InChI=1S/C12H21N3O2/c1-4-15-11(7-10(3)14-15)12(17)13-8-9(2)5-6-16/h7,9,16H,4-6,8H2,1-3H3,(H,13,17). The maximum absolute atomic E-state index is 11.9. The van der Waals surface area contributed by atoms with Crippen LogP contribution in [0.1, 0.15) is 36.5 Å². The predicted molar refractivity (Wildman–Crippen MR) is 65.8 cm³/mol. The van der Waals surface area contributed by atoms with E-state index in [1.54, 1.807) is 10.7 Å². The summed E-state index contributed by atoms with van der Waals surface area (Å²) in [6.45, 7) is 7.24. The van der Waals surface area contributed by atoms with Gasteiger partial charge in [0.1, 0.15) is 5.69 Å². The molecule has 1 amide bonds. The molecule has 0 spiro atoms. The van der Waals surface area contributed by atoms with Gasteiger partial charge in [0.15, 0.2) is 0 Å². The van der Waals surface area contributed by atoms with Gasteiger partial charge in [0.2, 0.25) is 0 Å². The molecule has 0 aliphatic rings. The van der Waals surface area contributed by atoms with Gasteiger partial charge in [-0.25, -0.2) is 0 Å². The van der Waals surface area contributed by atoms with E-state index in [2.05, 4.69) is 10.4 Å². The molecule has 1 aromatic heterocycles. The summed E-state index contributed by atoms with van der Waals surface area (Å²) in [6.07, 6.45) is 0.701. The Balaban J connectivity index is 2.57. The van der Waals surface area contributed by atoms with Crippen molar-refractivity contribution in [2.45, 2.75) is 33.7 Å². The lowest BCUT2D eigenvalue weighted by Gasteiger charge is -2.11. The number of aliphatic hydroxyl groups is 1. The van der Waals surface area contributed by atoms with E-state index in [-0.39, 0.29) is 18.4 Å². The molecule has 0 radical (unpaired) electrons. The largest absolute Gasteiger partial charge is 0.396 e. The molecule has 0 aliphatic heterocycles. The Kier molecular flexibility index (Phi) is 5.15. The van der Waals surface area contributed by atoms with Gasteiger partial charge in [-0.3, -0.25) is 9.48 Å². The summed E-state index contributed by atoms with van der Waals surface area (Å²) >= 11 is 0. The van der Waals surface area contributed by atoms with Gasteiger partial charge in [-0.05, 0) is 32.3 Å². The summed E-state index contributed by atoms with van der Waals surface area (Å²) in [6, 6.07) is 1.79. The molecule has 1 rings (SSSR count). The second-order valence-corrected chi connectivity index (χ2v) is 4.31. The predicted octanol–water partition coefficient (Wildman–Crippen LogP) is 0.960. The summed E-state index contributed by atoms with van der Waals surface area (Å²) in [5.74, 6) is 0.181. The van der Waals surface area contributed by atoms with E-state index in [9.17, 15) is 4.79 Å². The van der Waals surface area contributed by atoms with Crippen LogP contribution in [0.2, 0.25) is 0 Å². The minimum absolute atomic E-state index is 0.0998. The molecule has 0 saturated carbocycles. The summed E-state index contributed by atoms with van der Waals surface area (Å²) in [7, 11) is 0. The van der Waals surface area contributed by atoms with E-state index in [4.69, 9.17) is 5.11 Å². The summed E-state index contributed by atoms with van der Waals surface area (Å²) < 4.78 is 1.70. The van der Waals surface area contributed by atoms with Crippen molar-refractivity contribution in [2.24, 2.45) is 5.92 Å². The highest BCUT2D eigenvalue weighted by molar-refractivity contribution is 5.92. The van der Waals surface area contributed by atoms with Gasteiger partial charge in [-0.2, -0.15) is 5.10 Å². The Hall–Kier alpha value is -1.36. The van der Waals surface area contributed by atoms with Gasteiger partial charge in [0.05, 0.1) is 5.69 Å². The first-order valence-electron chi connectivity index (χ1n) is 6.02. The van der Waals surface area contributed by atoms with Crippen LogP contribution in [0.25, 0.3) is 0 Å². The third-order valence-corrected chi connectivity index (χ3v) is 2.67. The van der Waals surface area contributed by atoms with E-state index in [0.717, 1.165) is 5.69 Å². The first-order valence-corrected chi connectivity index (χ1v) is 6.02. The Bertz CT molecular complexity index is 374. The number of carbonyl (C=O) groups is 1. The van der Waals surface area contributed by atoms with Crippen molar-refractivity contribution in [3.63, 3.8) is 0 Å². The van der Waals surface area contributed by atoms with Crippen LogP contribution < -0.4 is 5.32 Å². The van der Waals surface area contributed by atoms with Crippen molar-refractivity contribution in [3.8, 4) is 0 Å². The molecule has 5 nitrogen and oxygen atoms in total. The second kappa shape index (κ2) is 6.39. The van der Waals surface area contributed by atoms with Crippen LogP contribution in [-0.4, -0.2) is 33.9 Å². The molecule has 0 saturated heterocycles. The van der Waals surface area contributed by atoms with Crippen LogP contribution in [-0.2, 0) is 6.54 Å². The highest BCUT2D eigenvalue weighted by atomic mass is 16.3. The van der Waals surface area contributed by atoms with Gasteiger partial charge in [-0.15, -0.1) is 0 Å². The number of carbonyl (C=O) groups excluding carboxylic acids is 1. The van der Waals surface area contributed by atoms with Crippen molar-refractivity contribution in [3.05, 3.63) is 17.5 Å². The Morgan fingerprint density at radius 2 is 2.35 bits per heavy atom. The molecule has 1 heterocycles. The fourth-order valence-corrected chi connectivity index (χ4v) is 1.65. The van der Waals surface area contributed by atoms with Crippen molar-refractivity contribution >= 4 is 5.91 Å². The van der Waals surface area contributed by atoms with Crippen LogP contribution in [0.4, 0.5) is 0 Å². The van der Waals surface area contributed by atoms with Crippen LogP contribution >= 0.6 is 0 Å². The topological polar surface area (TPSA) is 67.2 Å². The molecule has 5 heteroatoms. The number of hydrogen-bond acceptors (Lipinski definition) is 3. The number of aryl methyl sites for hydroxylation is 2. The first-order chi connectivity index (χ1) is 8.08. The van der Waals surface area contributed by atoms with Gasteiger partial charge in [0, 0.05) is 19.7 Å². The zero-order valence-electron chi connectivity index (χ0n) is 10.7. The highest BCUT2D eigenvalue weighted by Crippen LogP contribution is 2.04. The minimum atomic E-state index is -0.0998. The molecule has 2 N–H and O–H groups in total. The molecule has 1 atom stereocenters. The average Bonchev–Trinajstić information content (AvgIpc) is 2.68. The number of aliphatic hydroxyl groups excluding tert-OH is 1. The van der Waals surface area contributed by atoms with Crippen molar-refractivity contribution in [1.82, 2.24) is 15.1 Å². The summed E-state index contributed by atoms with van der Waals surface area (Å²) in [4.78, 5) is 11.9. The number of hydrogen-bond donors (Lipinski definition) is 2. The molecular weight excluding hydrogens is 218 g/mol. The lowest BCUT2D eigenvalue weighted by molar-refractivity contribution is 0.0934. The normalized spacial score (nSPS) is 12.5. The monoisotopic (exact) mass is 239 g/mol. The van der Waals surface area contributed by atoms with Crippen LogP contribution in [0.5, 0.6) is 0 Å². The van der Waals surface area contributed by atoms with Crippen molar-refractivity contribution in [1.29, 1.82) is 0 Å². The van der Waals surface area contributed by atoms with Crippen LogP contribution in [0.3, 0.4) is 0 Å². The fraction of sp³-hybridized carbons (Fsp3) is 0.667. The van der Waals surface area contributed by atoms with Crippen LogP contribution in [0.15, 0.2) is 6.07 Å².